The van der Waals surface area contributed by atoms with Crippen LogP contribution in [0.1, 0.15) is 22.7 Å². The van der Waals surface area contributed by atoms with E-state index in [1.165, 1.54) is 48.5 Å². The average Bonchev–Trinajstić information content (AvgIpc) is 2.62. The molecule has 148 valence electrons. The molecule has 2 aromatic carbocycles. The molecular formula is C18H15NNa2O7S2. The van der Waals surface area contributed by atoms with E-state index in [4.69, 9.17) is 0 Å². The minimum Gasteiger partial charge on any atom is -0.744 e. The van der Waals surface area contributed by atoms with Crippen LogP contribution >= 0.6 is 0 Å². The second-order valence-electron chi connectivity index (χ2n) is 5.73. The van der Waals surface area contributed by atoms with Crippen LogP contribution in [0.3, 0.4) is 0 Å². The molecule has 0 amide bonds. The molecule has 1 aromatic heterocycles. The predicted molar refractivity (Wildman–Crippen MR) is 97.6 cm³/mol. The minimum absolute atomic E-state index is 0. The van der Waals surface area contributed by atoms with Crippen LogP contribution in [-0.4, -0.2) is 36.4 Å². The first-order valence-corrected chi connectivity index (χ1v) is 10.5. The summed E-state index contributed by atoms with van der Waals surface area (Å²) in [4.78, 5) is 3.62. The van der Waals surface area contributed by atoms with Crippen molar-refractivity contribution in [1.29, 1.82) is 0 Å². The van der Waals surface area contributed by atoms with Gasteiger partial charge in [-0.15, -0.1) is 0 Å². The first-order chi connectivity index (χ1) is 12.7. The molecule has 0 spiro atoms. The first kappa shape index (κ1) is 29.4. The van der Waals surface area contributed by atoms with Crippen molar-refractivity contribution in [2.24, 2.45) is 0 Å². The van der Waals surface area contributed by atoms with E-state index in [0.29, 0.717) is 16.8 Å². The SMILES string of the molecule is O.O=S(=O)([O-])c1ccc(C(c2ccc(S(=O)(=O)[O-])cc2)c2ccccn2)cc1.[Na+].[Na+]. The molecule has 0 aliphatic rings. The molecule has 0 saturated heterocycles. The van der Waals surface area contributed by atoms with E-state index < -0.39 is 26.2 Å². The Morgan fingerprint density at radius 2 is 1.07 bits per heavy atom. The van der Waals surface area contributed by atoms with Crippen LogP contribution in [-0.2, 0) is 20.2 Å². The molecule has 0 atom stereocenters. The van der Waals surface area contributed by atoms with Gasteiger partial charge in [-0.3, -0.25) is 4.98 Å². The molecule has 0 aliphatic heterocycles. The summed E-state index contributed by atoms with van der Waals surface area (Å²) in [7, 11) is -9.13. The van der Waals surface area contributed by atoms with E-state index in [1.54, 1.807) is 24.4 Å². The van der Waals surface area contributed by atoms with Gasteiger partial charge < -0.3 is 14.6 Å². The van der Waals surface area contributed by atoms with Gasteiger partial charge in [-0.25, -0.2) is 16.8 Å². The van der Waals surface area contributed by atoms with Crippen molar-refractivity contribution in [3.05, 3.63) is 89.7 Å². The monoisotopic (exact) mass is 467 g/mol. The number of hydrogen-bond donors (Lipinski definition) is 0. The standard InChI is InChI=1S/C18H15NO6S2.2Na.H2O/c20-26(21,22)15-8-4-13(5-9-15)18(17-3-1-2-12-19-17)14-6-10-16(11-7-14)27(23,24)25;;;/h1-12,18H,(H,20,21,22)(H,23,24,25);;;1H2/q;2*+1;/p-2. The zero-order valence-corrected chi connectivity index (χ0v) is 21.9. The Balaban J connectivity index is 0.00000280. The number of aromatic nitrogens is 1. The summed E-state index contributed by atoms with van der Waals surface area (Å²) in [5.41, 5.74) is 1.94. The van der Waals surface area contributed by atoms with Crippen molar-refractivity contribution in [3.8, 4) is 0 Å². The molecule has 0 aliphatic carbocycles. The maximum atomic E-state index is 11.1. The van der Waals surface area contributed by atoms with E-state index >= 15 is 0 Å². The van der Waals surface area contributed by atoms with Gasteiger partial charge in [-0.05, 0) is 47.5 Å². The van der Waals surface area contributed by atoms with Crippen LogP contribution in [0.4, 0.5) is 0 Å². The topological polar surface area (TPSA) is 159 Å². The number of pyridine rings is 1. The van der Waals surface area contributed by atoms with Crippen molar-refractivity contribution in [3.63, 3.8) is 0 Å². The van der Waals surface area contributed by atoms with Gasteiger partial charge in [0.25, 0.3) is 0 Å². The molecule has 30 heavy (non-hydrogen) atoms. The Morgan fingerprint density at radius 3 is 1.37 bits per heavy atom. The van der Waals surface area contributed by atoms with E-state index in [1.807, 2.05) is 0 Å². The van der Waals surface area contributed by atoms with Crippen LogP contribution in [0.25, 0.3) is 0 Å². The van der Waals surface area contributed by atoms with Crippen molar-refractivity contribution in [1.82, 2.24) is 4.98 Å². The van der Waals surface area contributed by atoms with E-state index in [-0.39, 0.29) is 74.4 Å². The molecule has 0 fully saturated rings. The maximum Gasteiger partial charge on any atom is 1.00 e. The second kappa shape index (κ2) is 11.8. The van der Waals surface area contributed by atoms with Gasteiger partial charge in [0, 0.05) is 6.20 Å². The quantitative estimate of drug-likeness (QED) is 0.269. The van der Waals surface area contributed by atoms with Gasteiger partial charge in [0.2, 0.25) is 0 Å². The molecule has 0 saturated carbocycles. The largest absolute Gasteiger partial charge is 1.00 e. The third-order valence-corrected chi connectivity index (χ3v) is 5.69. The summed E-state index contributed by atoms with van der Waals surface area (Å²) in [6.45, 7) is 0. The molecule has 3 rings (SSSR count). The summed E-state index contributed by atoms with van der Waals surface area (Å²) < 4.78 is 66.8. The maximum absolute atomic E-state index is 11.1. The number of nitrogens with zero attached hydrogens (tertiary/aromatic N) is 1. The second-order valence-corrected chi connectivity index (χ2v) is 8.49. The molecule has 8 nitrogen and oxygen atoms in total. The summed E-state index contributed by atoms with van der Waals surface area (Å²) in [5, 5.41) is 0. The van der Waals surface area contributed by atoms with Gasteiger partial charge in [-0.1, -0.05) is 30.3 Å². The molecule has 2 N–H and O–H groups in total. The summed E-state index contributed by atoms with van der Waals surface area (Å²) >= 11 is 0. The predicted octanol–water partition coefficient (Wildman–Crippen LogP) is -4.75. The Bertz CT molecular complexity index is 1080. The molecular weight excluding hydrogens is 452 g/mol. The first-order valence-electron chi connectivity index (χ1n) is 7.69. The average molecular weight is 467 g/mol. The van der Waals surface area contributed by atoms with Crippen LogP contribution in [0.15, 0.2) is 82.7 Å². The van der Waals surface area contributed by atoms with Crippen molar-refractivity contribution >= 4 is 20.2 Å². The number of benzene rings is 2. The van der Waals surface area contributed by atoms with E-state index in [9.17, 15) is 25.9 Å². The van der Waals surface area contributed by atoms with Gasteiger partial charge >= 0.3 is 59.1 Å². The summed E-state index contributed by atoms with van der Waals surface area (Å²) in [6, 6.07) is 16.1. The fraction of sp³-hybridized carbons (Fsp3) is 0.0556. The van der Waals surface area contributed by atoms with Crippen LogP contribution in [0, 0.1) is 0 Å². The van der Waals surface area contributed by atoms with Crippen LogP contribution < -0.4 is 59.1 Å². The van der Waals surface area contributed by atoms with Gasteiger partial charge in [-0.2, -0.15) is 0 Å². The van der Waals surface area contributed by atoms with Crippen LogP contribution in [0.2, 0.25) is 0 Å². The van der Waals surface area contributed by atoms with Gasteiger partial charge in [0.05, 0.1) is 21.4 Å². The minimum atomic E-state index is -4.56. The molecule has 0 radical (unpaired) electrons. The number of hydrogen-bond acceptors (Lipinski definition) is 7. The Labute approximate surface area is 219 Å². The fourth-order valence-corrected chi connectivity index (χ4v) is 3.67. The Hall–Kier alpha value is -0.630. The van der Waals surface area contributed by atoms with Crippen molar-refractivity contribution < 1.29 is 90.5 Å². The number of rotatable bonds is 5. The molecule has 0 unspecified atom stereocenters. The summed E-state index contributed by atoms with van der Waals surface area (Å²) in [5.74, 6) is -0.446. The van der Waals surface area contributed by atoms with E-state index in [0.717, 1.165) is 0 Å². The third kappa shape index (κ3) is 7.21. The van der Waals surface area contributed by atoms with Crippen LogP contribution in [0.5, 0.6) is 0 Å². The Kier molecular flexibility index (Phi) is 11.6. The van der Waals surface area contributed by atoms with Gasteiger partial charge in [0.1, 0.15) is 20.2 Å². The molecule has 12 heteroatoms. The smallest absolute Gasteiger partial charge is 0.744 e. The van der Waals surface area contributed by atoms with E-state index in [2.05, 4.69) is 4.98 Å². The Morgan fingerprint density at radius 1 is 0.667 bits per heavy atom. The van der Waals surface area contributed by atoms with Crippen molar-refractivity contribution in [2.45, 2.75) is 15.7 Å². The summed E-state index contributed by atoms with van der Waals surface area (Å²) in [6.07, 6.45) is 1.59. The zero-order valence-electron chi connectivity index (χ0n) is 16.2. The molecule has 0 bridgehead atoms. The fourth-order valence-electron chi connectivity index (χ4n) is 2.73. The van der Waals surface area contributed by atoms with Gasteiger partial charge in [0.15, 0.2) is 0 Å². The van der Waals surface area contributed by atoms with Crippen molar-refractivity contribution in [2.75, 3.05) is 0 Å². The zero-order chi connectivity index (χ0) is 19.7. The molecule has 3 aromatic rings. The third-order valence-electron chi connectivity index (χ3n) is 3.99. The normalized spacial score (nSPS) is 11.0. The molecule has 1 heterocycles.